The maximum atomic E-state index is 12.2. The summed E-state index contributed by atoms with van der Waals surface area (Å²) in [5, 5.41) is 7.94. The fraction of sp³-hybridized carbons (Fsp3) is 0.769. The number of hydrogen-bond acceptors (Lipinski definition) is 4. The first-order chi connectivity index (χ1) is 9.15. The van der Waals surface area contributed by atoms with Gasteiger partial charge in [-0.1, -0.05) is 0 Å². The second kappa shape index (κ2) is 6.04. The van der Waals surface area contributed by atoms with Crippen molar-refractivity contribution in [3.05, 3.63) is 11.8 Å². The van der Waals surface area contributed by atoms with Gasteiger partial charge in [-0.2, -0.15) is 0 Å². The lowest BCUT2D eigenvalue weighted by Gasteiger charge is -2.34. The van der Waals surface area contributed by atoms with Gasteiger partial charge in [0, 0.05) is 39.0 Å². The largest absolute Gasteiger partial charge is 0.425 e. The molecule has 1 aliphatic rings. The Hall–Kier alpha value is -1.59. The molecule has 1 aliphatic heterocycles. The van der Waals surface area contributed by atoms with Crippen LogP contribution in [0, 0.1) is 6.92 Å². The molecule has 0 unspecified atom stereocenters. The molecule has 0 N–H and O–H groups in total. The summed E-state index contributed by atoms with van der Waals surface area (Å²) >= 11 is 0. The number of aryl methyl sites for hydroxylation is 1. The highest BCUT2D eigenvalue weighted by Gasteiger charge is 2.28. The maximum absolute atomic E-state index is 12.2. The van der Waals surface area contributed by atoms with E-state index < -0.39 is 0 Å². The van der Waals surface area contributed by atoms with Gasteiger partial charge in [0.05, 0.1) is 0 Å². The molecule has 0 atom stereocenters. The molecule has 0 aliphatic carbocycles. The molecule has 0 aromatic carbocycles. The Balaban J connectivity index is 1.90. The summed E-state index contributed by atoms with van der Waals surface area (Å²) < 4.78 is 5.47. The summed E-state index contributed by atoms with van der Waals surface area (Å²) in [6.07, 6.45) is 1.79. The average molecular weight is 266 g/mol. The fourth-order valence-corrected chi connectivity index (χ4v) is 2.49. The normalized spacial score (nSPS) is 16.7. The van der Waals surface area contributed by atoms with Gasteiger partial charge in [-0.25, -0.2) is 4.79 Å². The van der Waals surface area contributed by atoms with Crippen LogP contribution in [0.25, 0.3) is 0 Å². The van der Waals surface area contributed by atoms with Crippen LogP contribution in [-0.2, 0) is 0 Å². The number of carbonyl (C=O) groups excluding carboxylic acids is 1. The van der Waals surface area contributed by atoms with Gasteiger partial charge in [-0.05, 0) is 26.7 Å². The third kappa shape index (κ3) is 3.05. The Labute approximate surface area is 113 Å². The van der Waals surface area contributed by atoms with E-state index in [0.29, 0.717) is 17.7 Å². The number of amides is 2. The zero-order valence-corrected chi connectivity index (χ0v) is 11.9. The van der Waals surface area contributed by atoms with Crippen LogP contribution in [0.15, 0.2) is 4.42 Å². The summed E-state index contributed by atoms with van der Waals surface area (Å²) in [7, 11) is 0. The van der Waals surface area contributed by atoms with E-state index in [-0.39, 0.29) is 6.03 Å². The van der Waals surface area contributed by atoms with Gasteiger partial charge in [0.2, 0.25) is 11.8 Å². The van der Waals surface area contributed by atoms with Crippen molar-refractivity contribution in [3.8, 4) is 0 Å². The van der Waals surface area contributed by atoms with Crippen LogP contribution in [0.1, 0.15) is 44.4 Å². The molecule has 0 saturated carbocycles. The van der Waals surface area contributed by atoms with Crippen molar-refractivity contribution in [2.45, 2.75) is 39.5 Å². The van der Waals surface area contributed by atoms with Crippen molar-refractivity contribution >= 4 is 6.03 Å². The lowest BCUT2D eigenvalue weighted by Crippen LogP contribution is -2.46. The third-order valence-corrected chi connectivity index (χ3v) is 3.69. The van der Waals surface area contributed by atoms with Crippen LogP contribution in [0.4, 0.5) is 4.79 Å². The molecular weight excluding hydrogens is 244 g/mol. The van der Waals surface area contributed by atoms with E-state index in [1.165, 1.54) is 0 Å². The van der Waals surface area contributed by atoms with E-state index in [0.717, 1.165) is 39.0 Å². The van der Waals surface area contributed by atoms with Crippen LogP contribution in [0.2, 0.25) is 0 Å². The minimum absolute atomic E-state index is 0.144. The van der Waals surface area contributed by atoms with Crippen LogP contribution in [0.3, 0.4) is 0 Å². The molecule has 2 heterocycles. The Bertz CT molecular complexity index is 420. The third-order valence-electron chi connectivity index (χ3n) is 3.69. The van der Waals surface area contributed by atoms with Gasteiger partial charge in [0.1, 0.15) is 0 Å². The van der Waals surface area contributed by atoms with Gasteiger partial charge >= 0.3 is 6.03 Å². The molecular formula is C13H22N4O2. The van der Waals surface area contributed by atoms with Crippen LogP contribution in [-0.4, -0.2) is 52.2 Å². The number of carbonyl (C=O) groups is 1. The predicted octanol–water partition coefficient (Wildman–Crippen LogP) is 2.02. The van der Waals surface area contributed by atoms with E-state index >= 15 is 0 Å². The molecule has 1 aromatic rings. The maximum Gasteiger partial charge on any atom is 0.319 e. The quantitative estimate of drug-likeness (QED) is 0.839. The van der Waals surface area contributed by atoms with Crippen LogP contribution >= 0.6 is 0 Å². The first-order valence-corrected chi connectivity index (χ1v) is 6.99. The van der Waals surface area contributed by atoms with E-state index in [2.05, 4.69) is 10.2 Å². The number of rotatable bonds is 3. The van der Waals surface area contributed by atoms with E-state index in [4.69, 9.17) is 4.42 Å². The fourth-order valence-electron chi connectivity index (χ4n) is 2.49. The molecule has 1 saturated heterocycles. The number of hydrogen-bond donors (Lipinski definition) is 0. The first kappa shape index (κ1) is 13.8. The van der Waals surface area contributed by atoms with Gasteiger partial charge in [-0.3, -0.25) is 0 Å². The van der Waals surface area contributed by atoms with E-state index in [9.17, 15) is 4.79 Å². The molecule has 0 spiro atoms. The highest BCUT2D eigenvalue weighted by molar-refractivity contribution is 5.74. The zero-order chi connectivity index (χ0) is 13.8. The van der Waals surface area contributed by atoms with Crippen molar-refractivity contribution < 1.29 is 9.21 Å². The Kier molecular flexibility index (Phi) is 4.39. The Morgan fingerprint density at radius 2 is 1.95 bits per heavy atom. The predicted molar refractivity (Wildman–Crippen MR) is 70.9 cm³/mol. The topological polar surface area (TPSA) is 62.5 Å². The number of aromatic nitrogens is 2. The summed E-state index contributed by atoms with van der Waals surface area (Å²) in [4.78, 5) is 16.0. The highest BCUT2D eigenvalue weighted by Crippen LogP contribution is 2.27. The van der Waals surface area contributed by atoms with Crippen molar-refractivity contribution in [1.29, 1.82) is 0 Å². The SMILES string of the molecule is CCN(CC)C(=O)N1CCC(c2nnc(C)o2)CC1. The van der Waals surface area contributed by atoms with Crippen molar-refractivity contribution in [1.82, 2.24) is 20.0 Å². The van der Waals surface area contributed by atoms with Gasteiger partial charge in [-0.15, -0.1) is 10.2 Å². The van der Waals surface area contributed by atoms with Gasteiger partial charge in [0.25, 0.3) is 0 Å². The number of likely N-dealkylation sites (tertiary alicyclic amines) is 1. The van der Waals surface area contributed by atoms with Gasteiger partial charge in [0.15, 0.2) is 0 Å². The molecule has 106 valence electrons. The summed E-state index contributed by atoms with van der Waals surface area (Å²) in [6, 6.07) is 0.144. The molecule has 6 nitrogen and oxygen atoms in total. The molecule has 1 fully saturated rings. The van der Waals surface area contributed by atoms with Crippen molar-refractivity contribution in [3.63, 3.8) is 0 Å². The second-order valence-electron chi connectivity index (χ2n) is 4.88. The van der Waals surface area contributed by atoms with E-state index in [1.807, 2.05) is 23.6 Å². The molecule has 19 heavy (non-hydrogen) atoms. The number of nitrogens with zero attached hydrogens (tertiary/aromatic N) is 4. The monoisotopic (exact) mass is 266 g/mol. The Morgan fingerprint density at radius 1 is 1.32 bits per heavy atom. The minimum Gasteiger partial charge on any atom is -0.425 e. The molecule has 1 aromatic heterocycles. The molecule has 0 bridgehead atoms. The molecule has 2 amide bonds. The second-order valence-corrected chi connectivity index (χ2v) is 4.88. The minimum atomic E-state index is 0.144. The molecule has 0 radical (unpaired) electrons. The Morgan fingerprint density at radius 3 is 2.42 bits per heavy atom. The van der Waals surface area contributed by atoms with Crippen molar-refractivity contribution in [2.75, 3.05) is 26.2 Å². The summed E-state index contributed by atoms with van der Waals surface area (Å²) in [5.74, 6) is 1.62. The average Bonchev–Trinajstić information content (AvgIpc) is 2.87. The number of piperidine rings is 1. The molecule has 2 rings (SSSR count). The lowest BCUT2D eigenvalue weighted by molar-refractivity contribution is 0.141. The molecule has 6 heteroatoms. The highest BCUT2D eigenvalue weighted by atomic mass is 16.4. The summed E-state index contributed by atoms with van der Waals surface area (Å²) in [6.45, 7) is 8.87. The summed E-state index contributed by atoms with van der Waals surface area (Å²) in [5.41, 5.74) is 0. The van der Waals surface area contributed by atoms with Crippen LogP contribution < -0.4 is 0 Å². The van der Waals surface area contributed by atoms with Gasteiger partial charge < -0.3 is 14.2 Å². The van der Waals surface area contributed by atoms with E-state index in [1.54, 1.807) is 6.92 Å². The standard InChI is InChI=1S/C13H22N4O2/c1-4-16(5-2)13(18)17-8-6-11(7-9-17)12-15-14-10(3)19-12/h11H,4-9H2,1-3H3. The van der Waals surface area contributed by atoms with Crippen molar-refractivity contribution in [2.24, 2.45) is 0 Å². The smallest absolute Gasteiger partial charge is 0.319 e. The number of urea groups is 1. The first-order valence-electron chi connectivity index (χ1n) is 6.99. The zero-order valence-electron chi connectivity index (χ0n) is 11.9. The lowest BCUT2D eigenvalue weighted by atomic mass is 9.97. The van der Waals surface area contributed by atoms with Crippen LogP contribution in [0.5, 0.6) is 0 Å².